The number of unbranched alkanes of at least 4 members (excludes halogenated alkanes) is 1. The number of non-ortho nitro benzene ring substituents is 1. The minimum Gasteiger partial charge on any atom is -0.497 e. The Kier molecular flexibility index (Phi) is 6.27. The first-order valence-electron chi connectivity index (χ1n) is 11.8. The van der Waals surface area contributed by atoms with Crippen molar-refractivity contribution in [3.63, 3.8) is 0 Å². The van der Waals surface area contributed by atoms with Crippen LogP contribution in [0, 0.1) is 10.1 Å². The minimum atomic E-state index is -0.464. The number of benzene rings is 3. The Hall–Kier alpha value is -4.07. The number of fused-ring (bicyclic) bond motifs is 3. The van der Waals surface area contributed by atoms with Crippen molar-refractivity contribution < 1.29 is 19.1 Å². The van der Waals surface area contributed by atoms with E-state index in [0.29, 0.717) is 18.8 Å². The van der Waals surface area contributed by atoms with E-state index >= 15 is 0 Å². The Morgan fingerprint density at radius 3 is 2.51 bits per heavy atom. The van der Waals surface area contributed by atoms with Gasteiger partial charge in [0.2, 0.25) is 6.23 Å². The average molecular weight is 474 g/mol. The standard InChI is InChI=1S/C27H27N3O5/c1-3-4-15-34-22-12-7-19(8-13-22)27-29-25(23-16-20(30(31)32)9-14-26(23)35-27)17-24(28-29)18-5-10-21(33-2)11-6-18/h5-14,16,25,27H,3-4,15,17H2,1-2H3. The van der Waals surface area contributed by atoms with Crippen molar-refractivity contribution in [3.8, 4) is 17.2 Å². The number of hydrogen-bond donors (Lipinski definition) is 0. The second-order valence-electron chi connectivity index (χ2n) is 8.60. The molecule has 0 aromatic heterocycles. The summed E-state index contributed by atoms with van der Waals surface area (Å²) >= 11 is 0. The van der Waals surface area contributed by atoms with Gasteiger partial charge in [-0.1, -0.05) is 13.3 Å². The summed E-state index contributed by atoms with van der Waals surface area (Å²) in [4.78, 5) is 11.1. The Balaban J connectivity index is 1.49. The van der Waals surface area contributed by atoms with Gasteiger partial charge >= 0.3 is 0 Å². The zero-order valence-corrected chi connectivity index (χ0v) is 19.7. The van der Waals surface area contributed by atoms with Gasteiger partial charge in [-0.25, -0.2) is 5.01 Å². The van der Waals surface area contributed by atoms with Gasteiger partial charge in [0, 0.05) is 29.7 Å². The molecular weight excluding hydrogens is 446 g/mol. The topological polar surface area (TPSA) is 86.4 Å². The van der Waals surface area contributed by atoms with Crippen LogP contribution in [0.4, 0.5) is 5.69 Å². The molecule has 2 unspecified atom stereocenters. The van der Waals surface area contributed by atoms with Crippen LogP contribution < -0.4 is 14.2 Å². The maximum absolute atomic E-state index is 11.4. The molecule has 2 aliphatic heterocycles. The van der Waals surface area contributed by atoms with Gasteiger partial charge in [-0.15, -0.1) is 0 Å². The third kappa shape index (κ3) is 4.51. The van der Waals surface area contributed by atoms with E-state index in [1.165, 1.54) is 6.07 Å². The highest BCUT2D eigenvalue weighted by Crippen LogP contribution is 2.48. The van der Waals surface area contributed by atoms with Crippen molar-refractivity contribution in [2.45, 2.75) is 38.5 Å². The Morgan fingerprint density at radius 1 is 1.09 bits per heavy atom. The quantitative estimate of drug-likeness (QED) is 0.226. The molecule has 0 saturated carbocycles. The number of nitrogens with zero attached hydrogens (tertiary/aromatic N) is 3. The molecule has 3 aromatic carbocycles. The molecular formula is C27H27N3O5. The highest BCUT2D eigenvalue weighted by Gasteiger charge is 2.41. The van der Waals surface area contributed by atoms with E-state index in [0.717, 1.165) is 46.7 Å². The smallest absolute Gasteiger partial charge is 0.270 e. The number of hydrazone groups is 1. The van der Waals surface area contributed by atoms with E-state index in [1.807, 2.05) is 53.5 Å². The van der Waals surface area contributed by atoms with Crippen LogP contribution in [0.25, 0.3) is 0 Å². The van der Waals surface area contributed by atoms with Crippen LogP contribution in [0.1, 0.15) is 55.1 Å². The van der Waals surface area contributed by atoms with E-state index in [-0.39, 0.29) is 16.7 Å². The van der Waals surface area contributed by atoms with Crippen molar-refractivity contribution in [3.05, 3.63) is 93.5 Å². The molecule has 0 bridgehead atoms. The molecule has 0 amide bonds. The molecule has 0 radical (unpaired) electrons. The second-order valence-corrected chi connectivity index (χ2v) is 8.60. The van der Waals surface area contributed by atoms with Crippen LogP contribution in [0.3, 0.4) is 0 Å². The van der Waals surface area contributed by atoms with Gasteiger partial charge in [-0.05, 0) is 66.6 Å². The van der Waals surface area contributed by atoms with Crippen LogP contribution >= 0.6 is 0 Å². The molecule has 0 spiro atoms. The van der Waals surface area contributed by atoms with Gasteiger partial charge in [0.15, 0.2) is 0 Å². The molecule has 2 heterocycles. The molecule has 0 N–H and O–H groups in total. The van der Waals surface area contributed by atoms with Gasteiger partial charge in [0.25, 0.3) is 5.69 Å². The zero-order chi connectivity index (χ0) is 24.4. The highest BCUT2D eigenvalue weighted by molar-refractivity contribution is 6.02. The minimum absolute atomic E-state index is 0.0391. The molecule has 3 aromatic rings. The summed E-state index contributed by atoms with van der Waals surface area (Å²) in [6.07, 6.45) is 2.23. The molecule has 8 nitrogen and oxygen atoms in total. The summed E-state index contributed by atoms with van der Waals surface area (Å²) in [7, 11) is 1.63. The van der Waals surface area contributed by atoms with Crippen molar-refractivity contribution in [2.75, 3.05) is 13.7 Å². The maximum atomic E-state index is 11.4. The fraction of sp³-hybridized carbons (Fsp3) is 0.296. The van der Waals surface area contributed by atoms with Crippen LogP contribution in [-0.4, -0.2) is 29.4 Å². The lowest BCUT2D eigenvalue weighted by atomic mass is 9.95. The molecule has 2 aliphatic rings. The van der Waals surface area contributed by atoms with Crippen LogP contribution in [-0.2, 0) is 0 Å². The number of hydrogen-bond acceptors (Lipinski definition) is 7. The first kappa shape index (κ1) is 22.7. The van der Waals surface area contributed by atoms with Crippen molar-refractivity contribution in [1.29, 1.82) is 0 Å². The first-order chi connectivity index (χ1) is 17.1. The molecule has 180 valence electrons. The fourth-order valence-electron chi connectivity index (χ4n) is 4.43. The fourth-order valence-corrected chi connectivity index (χ4v) is 4.43. The van der Waals surface area contributed by atoms with Crippen molar-refractivity contribution in [2.24, 2.45) is 5.10 Å². The van der Waals surface area contributed by atoms with Gasteiger partial charge in [-0.3, -0.25) is 10.1 Å². The van der Waals surface area contributed by atoms with E-state index in [2.05, 4.69) is 6.92 Å². The normalized spacial score (nSPS) is 18.2. The second kappa shape index (κ2) is 9.66. The zero-order valence-electron chi connectivity index (χ0n) is 19.7. The number of ether oxygens (including phenoxy) is 3. The van der Waals surface area contributed by atoms with Gasteiger partial charge < -0.3 is 14.2 Å². The molecule has 0 fully saturated rings. The Morgan fingerprint density at radius 2 is 1.83 bits per heavy atom. The Bertz CT molecular complexity index is 1240. The molecule has 0 aliphatic carbocycles. The van der Waals surface area contributed by atoms with Crippen LogP contribution in [0.15, 0.2) is 71.8 Å². The molecule has 0 saturated heterocycles. The van der Waals surface area contributed by atoms with E-state index in [9.17, 15) is 10.1 Å². The van der Waals surface area contributed by atoms with Gasteiger partial charge in [0.1, 0.15) is 17.2 Å². The highest BCUT2D eigenvalue weighted by atomic mass is 16.6. The lowest BCUT2D eigenvalue weighted by Crippen LogP contribution is -2.33. The third-order valence-corrected chi connectivity index (χ3v) is 6.34. The SMILES string of the molecule is CCCCOc1ccc(C2Oc3ccc([N+](=O)[O-])cc3C3CC(c4ccc(OC)cc4)=NN32)cc1. The van der Waals surface area contributed by atoms with E-state index in [4.69, 9.17) is 19.3 Å². The van der Waals surface area contributed by atoms with E-state index in [1.54, 1.807) is 19.2 Å². The Labute approximate surface area is 203 Å². The molecule has 35 heavy (non-hydrogen) atoms. The number of nitro benzene ring substituents is 1. The molecule has 2 atom stereocenters. The summed E-state index contributed by atoms with van der Waals surface area (Å²) in [6.45, 7) is 2.82. The van der Waals surface area contributed by atoms with E-state index < -0.39 is 6.23 Å². The lowest BCUT2D eigenvalue weighted by Gasteiger charge is -2.38. The lowest BCUT2D eigenvalue weighted by molar-refractivity contribution is -0.385. The van der Waals surface area contributed by atoms with Gasteiger partial charge in [0.05, 0.1) is 30.4 Å². The summed E-state index contributed by atoms with van der Waals surface area (Å²) in [5, 5.41) is 18.3. The predicted molar refractivity (Wildman–Crippen MR) is 132 cm³/mol. The molecule has 5 rings (SSSR count). The third-order valence-electron chi connectivity index (χ3n) is 6.34. The number of nitro groups is 1. The molecule has 8 heteroatoms. The van der Waals surface area contributed by atoms with Crippen molar-refractivity contribution >= 4 is 11.4 Å². The first-order valence-corrected chi connectivity index (χ1v) is 11.8. The maximum Gasteiger partial charge on any atom is 0.270 e. The average Bonchev–Trinajstić information content (AvgIpc) is 3.34. The monoisotopic (exact) mass is 473 g/mol. The summed E-state index contributed by atoms with van der Waals surface area (Å²) < 4.78 is 17.4. The summed E-state index contributed by atoms with van der Waals surface area (Å²) in [6, 6.07) is 20.2. The van der Waals surface area contributed by atoms with Crippen LogP contribution in [0.2, 0.25) is 0 Å². The van der Waals surface area contributed by atoms with Crippen LogP contribution in [0.5, 0.6) is 17.2 Å². The number of methoxy groups -OCH3 is 1. The summed E-state index contributed by atoms with van der Waals surface area (Å²) in [5.74, 6) is 2.22. The van der Waals surface area contributed by atoms with Gasteiger partial charge in [-0.2, -0.15) is 5.10 Å². The predicted octanol–water partition coefficient (Wildman–Crippen LogP) is 6.02. The van der Waals surface area contributed by atoms with Crippen molar-refractivity contribution in [1.82, 2.24) is 5.01 Å². The summed E-state index contributed by atoms with van der Waals surface area (Å²) in [5.41, 5.74) is 3.61. The number of rotatable bonds is 8. The largest absolute Gasteiger partial charge is 0.497 e.